The van der Waals surface area contributed by atoms with Crippen LogP contribution in [0.1, 0.15) is 18.9 Å². The molecule has 0 aliphatic rings. The first kappa shape index (κ1) is 13.4. The summed E-state index contributed by atoms with van der Waals surface area (Å²) in [5, 5.41) is 3.33. The summed E-state index contributed by atoms with van der Waals surface area (Å²) >= 11 is 0. The van der Waals surface area contributed by atoms with Gasteiger partial charge < -0.3 is 14.8 Å². The quantitative estimate of drug-likeness (QED) is 0.578. The third kappa shape index (κ3) is 4.38. The Balaban J connectivity index is 2.75. The van der Waals surface area contributed by atoms with Crippen LogP contribution in [-0.2, 0) is 6.54 Å². The summed E-state index contributed by atoms with van der Waals surface area (Å²) in [5.41, 5.74) is 1.06. The topological polar surface area (TPSA) is 30.5 Å². The smallest absolute Gasteiger partial charge is 0.148 e. The minimum absolute atomic E-state index is 0.285. The van der Waals surface area contributed by atoms with Gasteiger partial charge in [0.15, 0.2) is 0 Å². The fraction of sp³-hybridized carbons (Fsp3) is 0.429. The molecule has 3 heteroatoms. The molecule has 0 unspecified atom stereocenters. The van der Waals surface area contributed by atoms with Crippen LogP contribution < -0.4 is 14.8 Å². The van der Waals surface area contributed by atoms with Gasteiger partial charge in [-0.25, -0.2) is 0 Å². The molecule has 0 aromatic heterocycles. The number of benzene rings is 1. The average Bonchev–Trinajstić information content (AvgIpc) is 2.37. The van der Waals surface area contributed by atoms with Crippen LogP contribution in [0.2, 0.25) is 0 Å². The number of hydrogen-bond acceptors (Lipinski definition) is 3. The number of terminal acetylenes is 1. The Labute approximate surface area is 103 Å². The zero-order chi connectivity index (χ0) is 12.5. The third-order valence-electron chi connectivity index (χ3n) is 2.32. The zero-order valence-electron chi connectivity index (χ0n) is 10.5. The highest BCUT2D eigenvalue weighted by atomic mass is 16.5. The summed E-state index contributed by atoms with van der Waals surface area (Å²) in [6.07, 6.45) is 6.29. The minimum atomic E-state index is 0.285. The molecule has 0 bridgehead atoms. The Morgan fingerprint density at radius 1 is 1.41 bits per heavy atom. The van der Waals surface area contributed by atoms with Crippen molar-refractivity contribution in [3.05, 3.63) is 23.8 Å². The van der Waals surface area contributed by atoms with Gasteiger partial charge in [-0.1, -0.05) is 12.8 Å². The van der Waals surface area contributed by atoms with Crippen molar-refractivity contribution in [2.75, 3.05) is 20.3 Å². The molecule has 0 aliphatic carbocycles. The Morgan fingerprint density at radius 3 is 2.88 bits per heavy atom. The van der Waals surface area contributed by atoms with Crippen LogP contribution in [0.25, 0.3) is 0 Å². The molecule has 0 atom stereocenters. The zero-order valence-corrected chi connectivity index (χ0v) is 10.5. The van der Waals surface area contributed by atoms with Crippen molar-refractivity contribution in [2.45, 2.75) is 19.9 Å². The summed E-state index contributed by atoms with van der Waals surface area (Å²) in [5.74, 6) is 4.10. The highest BCUT2D eigenvalue weighted by Gasteiger charge is 2.05. The van der Waals surface area contributed by atoms with E-state index in [1.165, 1.54) is 0 Å². The van der Waals surface area contributed by atoms with Gasteiger partial charge in [-0.05, 0) is 31.2 Å². The van der Waals surface area contributed by atoms with Gasteiger partial charge in [0.05, 0.1) is 7.11 Å². The molecule has 0 heterocycles. The molecular formula is C14H19NO2. The summed E-state index contributed by atoms with van der Waals surface area (Å²) < 4.78 is 10.7. The van der Waals surface area contributed by atoms with E-state index >= 15 is 0 Å². The molecule has 0 fully saturated rings. The normalized spacial score (nSPS) is 9.71. The molecule has 0 saturated heterocycles. The third-order valence-corrected chi connectivity index (χ3v) is 2.32. The molecule has 1 aromatic rings. The lowest BCUT2D eigenvalue weighted by Gasteiger charge is -2.12. The second-order valence-corrected chi connectivity index (χ2v) is 3.64. The fourth-order valence-corrected chi connectivity index (χ4v) is 1.48. The van der Waals surface area contributed by atoms with E-state index in [0.717, 1.165) is 36.6 Å². The summed E-state index contributed by atoms with van der Waals surface area (Å²) in [4.78, 5) is 0. The van der Waals surface area contributed by atoms with Crippen LogP contribution in [0.15, 0.2) is 18.2 Å². The van der Waals surface area contributed by atoms with Crippen molar-refractivity contribution < 1.29 is 9.47 Å². The van der Waals surface area contributed by atoms with Crippen molar-refractivity contribution in [3.63, 3.8) is 0 Å². The van der Waals surface area contributed by atoms with E-state index in [0.29, 0.717) is 0 Å². The van der Waals surface area contributed by atoms with Gasteiger partial charge in [-0.3, -0.25) is 0 Å². The van der Waals surface area contributed by atoms with Gasteiger partial charge in [-0.2, -0.15) is 0 Å². The second-order valence-electron chi connectivity index (χ2n) is 3.64. The van der Waals surface area contributed by atoms with E-state index in [1.807, 2.05) is 18.2 Å². The van der Waals surface area contributed by atoms with E-state index in [4.69, 9.17) is 15.9 Å². The minimum Gasteiger partial charge on any atom is -0.497 e. The number of nitrogens with one attached hydrogen (secondary N) is 1. The molecule has 0 saturated carbocycles. The first-order valence-corrected chi connectivity index (χ1v) is 5.75. The molecule has 3 nitrogen and oxygen atoms in total. The molecule has 1 rings (SSSR count). The molecule has 92 valence electrons. The molecule has 17 heavy (non-hydrogen) atoms. The maximum atomic E-state index is 5.48. The van der Waals surface area contributed by atoms with Gasteiger partial charge in [0.1, 0.15) is 18.1 Å². The molecule has 1 N–H and O–H groups in total. The highest BCUT2D eigenvalue weighted by Crippen LogP contribution is 2.24. The molecule has 0 amide bonds. The fourth-order valence-electron chi connectivity index (χ4n) is 1.48. The predicted molar refractivity (Wildman–Crippen MR) is 69.3 cm³/mol. The van der Waals surface area contributed by atoms with Gasteiger partial charge in [-0.15, -0.1) is 6.42 Å². The van der Waals surface area contributed by atoms with E-state index < -0.39 is 0 Å². The standard InChI is InChI=1S/C14H19NO2/c1-4-8-15-11-12-10-13(16-3)6-7-14(12)17-9-5-2/h2,6-7,10,15H,4,8-9,11H2,1,3H3. The number of rotatable bonds is 7. The molecular weight excluding hydrogens is 214 g/mol. The van der Waals surface area contributed by atoms with Crippen LogP contribution >= 0.6 is 0 Å². The maximum absolute atomic E-state index is 5.48. The van der Waals surface area contributed by atoms with Crippen molar-refractivity contribution in [1.82, 2.24) is 5.32 Å². The van der Waals surface area contributed by atoms with Gasteiger partial charge >= 0.3 is 0 Å². The van der Waals surface area contributed by atoms with Crippen molar-refractivity contribution in [1.29, 1.82) is 0 Å². The number of hydrogen-bond donors (Lipinski definition) is 1. The van der Waals surface area contributed by atoms with Gasteiger partial charge in [0.2, 0.25) is 0 Å². The largest absolute Gasteiger partial charge is 0.497 e. The van der Waals surface area contributed by atoms with Crippen molar-refractivity contribution >= 4 is 0 Å². The van der Waals surface area contributed by atoms with Gasteiger partial charge in [0.25, 0.3) is 0 Å². The van der Waals surface area contributed by atoms with E-state index in [-0.39, 0.29) is 6.61 Å². The van der Waals surface area contributed by atoms with Crippen LogP contribution in [0.5, 0.6) is 11.5 Å². The van der Waals surface area contributed by atoms with Gasteiger partial charge in [0, 0.05) is 12.1 Å². The van der Waals surface area contributed by atoms with Crippen molar-refractivity contribution in [3.8, 4) is 23.8 Å². The average molecular weight is 233 g/mol. The Kier molecular flexibility index (Phi) is 5.98. The molecule has 1 aromatic carbocycles. The molecule has 0 radical (unpaired) electrons. The van der Waals surface area contributed by atoms with E-state index in [1.54, 1.807) is 7.11 Å². The number of ether oxygens (including phenoxy) is 2. The Bertz CT molecular complexity index is 382. The second kappa shape index (κ2) is 7.59. The predicted octanol–water partition coefficient (Wildman–Crippen LogP) is 2.21. The lowest BCUT2D eigenvalue weighted by molar-refractivity contribution is 0.362. The lowest BCUT2D eigenvalue weighted by Crippen LogP contribution is -2.14. The first-order chi connectivity index (χ1) is 8.31. The maximum Gasteiger partial charge on any atom is 0.148 e. The summed E-state index contributed by atoms with van der Waals surface area (Å²) in [6.45, 7) is 4.15. The van der Waals surface area contributed by atoms with E-state index in [9.17, 15) is 0 Å². The first-order valence-electron chi connectivity index (χ1n) is 5.75. The number of methoxy groups -OCH3 is 1. The highest BCUT2D eigenvalue weighted by molar-refractivity contribution is 5.40. The monoisotopic (exact) mass is 233 g/mol. The van der Waals surface area contributed by atoms with Crippen LogP contribution in [-0.4, -0.2) is 20.3 Å². The van der Waals surface area contributed by atoms with E-state index in [2.05, 4.69) is 18.2 Å². The van der Waals surface area contributed by atoms with Crippen LogP contribution in [0.3, 0.4) is 0 Å². The Hall–Kier alpha value is -1.66. The Morgan fingerprint density at radius 2 is 2.24 bits per heavy atom. The summed E-state index contributed by atoms with van der Waals surface area (Å²) in [6, 6.07) is 5.73. The molecule has 0 spiro atoms. The summed E-state index contributed by atoms with van der Waals surface area (Å²) in [7, 11) is 1.65. The SMILES string of the molecule is C#CCOc1ccc(OC)cc1CNCCC. The van der Waals surface area contributed by atoms with Crippen LogP contribution in [0, 0.1) is 12.3 Å². The lowest BCUT2D eigenvalue weighted by atomic mass is 10.2. The van der Waals surface area contributed by atoms with Crippen LogP contribution in [0.4, 0.5) is 0 Å². The molecule has 0 aliphatic heterocycles. The van der Waals surface area contributed by atoms with Crippen molar-refractivity contribution in [2.24, 2.45) is 0 Å².